The topological polar surface area (TPSA) is 119 Å². The number of anilines is 2. The molecule has 1 aliphatic rings. The minimum absolute atomic E-state index is 0.329. The Morgan fingerprint density at radius 1 is 0.935 bits per heavy atom. The summed E-state index contributed by atoms with van der Waals surface area (Å²) in [5, 5.41) is 11.5. The quantitative estimate of drug-likeness (QED) is 0.440. The van der Waals surface area contributed by atoms with Gasteiger partial charge in [-0.05, 0) is 49.9 Å². The van der Waals surface area contributed by atoms with Crippen molar-refractivity contribution in [3.05, 3.63) is 60.8 Å². The minimum Gasteiger partial charge on any atom is -0.366 e. The van der Waals surface area contributed by atoms with Gasteiger partial charge < -0.3 is 16.4 Å². The smallest absolute Gasteiger partial charge is 0.222 e. The molecule has 1 fully saturated rings. The fraction of sp³-hybridized carbons (Fsp3) is 0.318. The fourth-order valence-corrected chi connectivity index (χ4v) is 3.84. The summed E-state index contributed by atoms with van der Waals surface area (Å²) in [5.74, 6) is 1.39. The predicted molar refractivity (Wildman–Crippen MR) is 119 cm³/mol. The van der Waals surface area contributed by atoms with Crippen molar-refractivity contribution in [3.63, 3.8) is 0 Å². The van der Waals surface area contributed by atoms with Gasteiger partial charge in [0.2, 0.25) is 5.95 Å². The molecular formula is C22H25N9. The van der Waals surface area contributed by atoms with Crippen LogP contribution in [0.25, 0.3) is 16.9 Å². The van der Waals surface area contributed by atoms with Gasteiger partial charge in [0, 0.05) is 36.2 Å². The van der Waals surface area contributed by atoms with Crippen LogP contribution in [0.2, 0.25) is 0 Å². The van der Waals surface area contributed by atoms with Crippen LogP contribution in [0.3, 0.4) is 0 Å². The van der Waals surface area contributed by atoms with Crippen molar-refractivity contribution in [1.29, 1.82) is 0 Å². The first kappa shape index (κ1) is 19.4. The van der Waals surface area contributed by atoms with Crippen molar-refractivity contribution in [3.8, 4) is 11.3 Å². The van der Waals surface area contributed by atoms with Gasteiger partial charge in [0.25, 0.3) is 0 Å². The second-order valence-electron chi connectivity index (χ2n) is 7.86. The first-order chi connectivity index (χ1) is 15.2. The average molecular weight is 416 g/mol. The maximum atomic E-state index is 6.02. The molecule has 4 aromatic heterocycles. The number of nitrogens with zero attached hydrogens (tertiary/aromatic N) is 6. The number of aromatic nitrogens is 6. The summed E-state index contributed by atoms with van der Waals surface area (Å²) < 4.78 is 1.83. The van der Waals surface area contributed by atoms with Crippen molar-refractivity contribution in [1.82, 2.24) is 29.5 Å². The van der Waals surface area contributed by atoms with Crippen LogP contribution >= 0.6 is 0 Å². The first-order valence-electron chi connectivity index (χ1n) is 10.6. The molecular weight excluding hydrogens is 390 g/mol. The molecule has 0 amide bonds. The lowest BCUT2D eigenvalue weighted by Crippen LogP contribution is -2.33. The van der Waals surface area contributed by atoms with Gasteiger partial charge in [0.05, 0.1) is 24.1 Å². The molecule has 158 valence electrons. The maximum Gasteiger partial charge on any atom is 0.222 e. The Morgan fingerprint density at radius 2 is 1.77 bits per heavy atom. The summed E-state index contributed by atoms with van der Waals surface area (Å²) in [4.78, 5) is 17.6. The second kappa shape index (κ2) is 8.65. The monoisotopic (exact) mass is 415 g/mol. The molecule has 4 aromatic rings. The summed E-state index contributed by atoms with van der Waals surface area (Å²) >= 11 is 0. The standard InChI is InChI=1S/C22H25N9/c23-16-4-6-17(7-5-16)29-20-8-9-21-25-14-19(31(21)30-20)15-11-26-22(27-12-15)28-13-18-3-1-2-10-24-18/h1-3,8-12,14,16-17H,4-7,13,23H2,(H,29,30)(H,26,27,28)/t16-,17-. The molecule has 5 rings (SSSR count). The van der Waals surface area contributed by atoms with Gasteiger partial charge in [0.15, 0.2) is 5.65 Å². The second-order valence-corrected chi connectivity index (χ2v) is 7.86. The third-order valence-corrected chi connectivity index (χ3v) is 5.59. The van der Waals surface area contributed by atoms with E-state index in [1.807, 2.05) is 34.8 Å². The molecule has 0 atom stereocenters. The van der Waals surface area contributed by atoms with E-state index < -0.39 is 0 Å². The molecule has 0 aromatic carbocycles. The summed E-state index contributed by atoms with van der Waals surface area (Å²) in [7, 11) is 0. The molecule has 0 saturated heterocycles. The van der Waals surface area contributed by atoms with Gasteiger partial charge in [-0.15, -0.1) is 5.10 Å². The van der Waals surface area contributed by atoms with Crippen molar-refractivity contribution in [2.75, 3.05) is 10.6 Å². The largest absolute Gasteiger partial charge is 0.366 e. The molecule has 0 aliphatic heterocycles. The van der Waals surface area contributed by atoms with Gasteiger partial charge >= 0.3 is 0 Å². The highest BCUT2D eigenvalue weighted by molar-refractivity contribution is 5.62. The van der Waals surface area contributed by atoms with Crippen molar-refractivity contribution in [2.45, 2.75) is 44.3 Å². The van der Waals surface area contributed by atoms with Crippen LogP contribution in [0.15, 0.2) is 55.1 Å². The number of hydrogen-bond acceptors (Lipinski definition) is 8. The highest BCUT2D eigenvalue weighted by atomic mass is 15.3. The average Bonchev–Trinajstić information content (AvgIpc) is 3.24. The minimum atomic E-state index is 0.329. The zero-order valence-electron chi connectivity index (χ0n) is 17.1. The molecule has 0 spiro atoms. The summed E-state index contributed by atoms with van der Waals surface area (Å²) in [6, 6.07) is 10.5. The van der Waals surface area contributed by atoms with Crippen LogP contribution in [-0.2, 0) is 6.54 Å². The molecule has 9 heteroatoms. The number of nitrogens with one attached hydrogen (secondary N) is 2. The molecule has 1 saturated carbocycles. The Bertz CT molecular complexity index is 1130. The molecule has 4 heterocycles. The summed E-state index contributed by atoms with van der Waals surface area (Å²) in [6.45, 7) is 0.568. The number of rotatable bonds is 6. The van der Waals surface area contributed by atoms with Crippen LogP contribution in [0.4, 0.5) is 11.8 Å². The highest BCUT2D eigenvalue weighted by Crippen LogP contribution is 2.23. The Hall–Kier alpha value is -3.59. The Kier molecular flexibility index (Phi) is 5.40. The third-order valence-electron chi connectivity index (χ3n) is 5.59. The van der Waals surface area contributed by atoms with Crippen molar-refractivity contribution in [2.24, 2.45) is 5.73 Å². The lowest BCUT2D eigenvalue weighted by Gasteiger charge is -2.27. The number of hydrogen-bond donors (Lipinski definition) is 3. The van der Waals surface area contributed by atoms with E-state index in [0.717, 1.165) is 54.1 Å². The van der Waals surface area contributed by atoms with Gasteiger partial charge in [-0.3, -0.25) is 4.98 Å². The number of pyridine rings is 1. The fourth-order valence-electron chi connectivity index (χ4n) is 3.84. The number of nitrogens with two attached hydrogens (primary N) is 1. The molecule has 4 N–H and O–H groups in total. The lowest BCUT2D eigenvalue weighted by molar-refractivity contribution is 0.410. The Labute approximate surface area is 180 Å². The number of imidazole rings is 1. The maximum absolute atomic E-state index is 6.02. The van der Waals surface area contributed by atoms with Gasteiger partial charge in [-0.2, -0.15) is 0 Å². The van der Waals surface area contributed by atoms with E-state index in [0.29, 0.717) is 24.6 Å². The molecule has 9 nitrogen and oxygen atoms in total. The van der Waals surface area contributed by atoms with Gasteiger partial charge in [-0.1, -0.05) is 6.07 Å². The van der Waals surface area contributed by atoms with Crippen LogP contribution in [-0.4, -0.2) is 41.6 Å². The van der Waals surface area contributed by atoms with E-state index in [1.54, 1.807) is 24.8 Å². The summed E-state index contributed by atoms with van der Waals surface area (Å²) in [6.07, 6.45) is 11.4. The number of fused-ring (bicyclic) bond motifs is 1. The molecule has 31 heavy (non-hydrogen) atoms. The lowest BCUT2D eigenvalue weighted by atomic mass is 9.92. The van der Waals surface area contributed by atoms with Crippen LogP contribution in [0.1, 0.15) is 31.4 Å². The van der Waals surface area contributed by atoms with Gasteiger partial charge in [0.1, 0.15) is 5.82 Å². The predicted octanol–water partition coefficient (Wildman–Crippen LogP) is 2.88. The SMILES string of the molecule is N[C@H]1CC[C@H](Nc2ccc3ncc(-c4cnc(NCc5ccccn5)nc4)n3n2)CC1. The van der Waals surface area contributed by atoms with E-state index in [4.69, 9.17) is 10.8 Å². The van der Waals surface area contributed by atoms with E-state index in [2.05, 4.69) is 30.6 Å². The normalized spacial score (nSPS) is 18.7. The van der Waals surface area contributed by atoms with Crippen molar-refractivity contribution < 1.29 is 0 Å². The van der Waals surface area contributed by atoms with E-state index >= 15 is 0 Å². The van der Waals surface area contributed by atoms with Crippen molar-refractivity contribution >= 4 is 17.4 Å². The van der Waals surface area contributed by atoms with Crippen LogP contribution in [0, 0.1) is 0 Å². The first-order valence-corrected chi connectivity index (χ1v) is 10.6. The van der Waals surface area contributed by atoms with E-state index in [1.165, 1.54) is 0 Å². The molecule has 0 radical (unpaired) electrons. The van der Waals surface area contributed by atoms with E-state index in [-0.39, 0.29) is 0 Å². The zero-order valence-corrected chi connectivity index (χ0v) is 17.1. The van der Waals surface area contributed by atoms with Gasteiger partial charge in [-0.25, -0.2) is 19.5 Å². The zero-order chi connectivity index (χ0) is 21.0. The van der Waals surface area contributed by atoms with Crippen LogP contribution in [0.5, 0.6) is 0 Å². The molecule has 0 unspecified atom stereocenters. The summed E-state index contributed by atoms with van der Waals surface area (Å²) in [5.41, 5.74) is 9.43. The molecule has 0 bridgehead atoms. The Balaban J connectivity index is 1.31. The molecule has 1 aliphatic carbocycles. The van der Waals surface area contributed by atoms with Crippen LogP contribution < -0.4 is 16.4 Å². The third kappa shape index (κ3) is 4.46. The van der Waals surface area contributed by atoms with E-state index in [9.17, 15) is 0 Å². The highest BCUT2D eigenvalue weighted by Gasteiger charge is 2.19. The Morgan fingerprint density at radius 3 is 2.55 bits per heavy atom.